The number of alkyl halides is 1. The van der Waals surface area contributed by atoms with Crippen LogP contribution in [0.3, 0.4) is 0 Å². The van der Waals surface area contributed by atoms with Gasteiger partial charge in [-0.05, 0) is 50.0 Å². The fourth-order valence-electron chi connectivity index (χ4n) is 8.77. The van der Waals surface area contributed by atoms with Crippen LogP contribution < -0.4 is 5.32 Å². The van der Waals surface area contributed by atoms with Crippen molar-refractivity contribution in [1.82, 2.24) is 15.1 Å². The van der Waals surface area contributed by atoms with Crippen LogP contribution in [0.15, 0.2) is 55.6 Å². The van der Waals surface area contributed by atoms with E-state index < -0.39 is 59.1 Å². The van der Waals surface area contributed by atoms with Crippen LogP contribution in [0.1, 0.15) is 92.2 Å². The Bertz CT molecular complexity index is 1440. The van der Waals surface area contributed by atoms with E-state index in [-0.39, 0.29) is 54.2 Å². The second-order valence-electron chi connectivity index (χ2n) is 16.3. The number of rotatable bonds is 17. The van der Waals surface area contributed by atoms with E-state index >= 15 is 4.79 Å². The molecule has 3 amide bonds. The van der Waals surface area contributed by atoms with Gasteiger partial charge in [0.1, 0.15) is 18.2 Å². The van der Waals surface area contributed by atoms with Gasteiger partial charge in [0.25, 0.3) is 0 Å². The Morgan fingerprint density at radius 3 is 2.41 bits per heavy atom. The van der Waals surface area contributed by atoms with E-state index in [1.165, 1.54) is 0 Å². The first-order valence-electron chi connectivity index (χ1n) is 18.3. The first kappa shape index (κ1) is 40.7. The minimum absolute atomic E-state index is 0.0985. The Morgan fingerprint density at radius 2 is 1.84 bits per heavy atom. The lowest BCUT2D eigenvalue weighted by Gasteiger charge is -2.47. The number of hydrogen-bond donors (Lipinski definition) is 2. The monoisotopic (exact) mass is 771 g/mol. The Kier molecular flexibility index (Phi) is 13.0. The first-order valence-corrected chi connectivity index (χ1v) is 19.2. The number of ether oxygens (including phenoxy) is 2. The predicted octanol–water partition coefficient (Wildman–Crippen LogP) is 5.74. The number of hydrogen-bond acceptors (Lipinski definition) is 7. The number of nitrogens with one attached hydrogen (secondary N) is 1. The quantitative estimate of drug-likeness (QED) is 0.118. The van der Waals surface area contributed by atoms with Crippen LogP contribution in [-0.2, 0) is 28.7 Å². The van der Waals surface area contributed by atoms with Gasteiger partial charge in [0.05, 0.1) is 36.6 Å². The van der Waals surface area contributed by atoms with Crippen LogP contribution in [0, 0.1) is 23.2 Å². The maximum atomic E-state index is 15.2. The van der Waals surface area contributed by atoms with Gasteiger partial charge in [-0.1, -0.05) is 99.5 Å². The lowest BCUT2D eigenvalue weighted by Crippen LogP contribution is -2.63. The maximum Gasteiger partial charge on any atom is 0.306 e. The molecule has 0 aliphatic carbocycles. The molecule has 282 valence electrons. The molecule has 10 nitrogen and oxygen atoms in total. The van der Waals surface area contributed by atoms with Crippen LogP contribution in [0.4, 0.5) is 0 Å². The molecule has 2 N–H and O–H groups in total. The largest absolute Gasteiger partial charge is 0.463 e. The van der Waals surface area contributed by atoms with Crippen molar-refractivity contribution < 1.29 is 33.8 Å². The van der Waals surface area contributed by atoms with Crippen LogP contribution in [0.2, 0.25) is 0 Å². The van der Waals surface area contributed by atoms with Gasteiger partial charge in [0, 0.05) is 23.3 Å². The second-order valence-corrected chi connectivity index (χ2v) is 17.5. The van der Waals surface area contributed by atoms with E-state index in [9.17, 15) is 19.5 Å². The van der Waals surface area contributed by atoms with Crippen molar-refractivity contribution >= 4 is 39.6 Å². The summed E-state index contributed by atoms with van der Waals surface area (Å²) in [6.45, 7) is 21.8. The maximum absolute atomic E-state index is 15.2. The van der Waals surface area contributed by atoms with E-state index in [0.717, 1.165) is 5.56 Å². The Hall–Kier alpha value is -3.02. The molecule has 1 unspecified atom stereocenters. The third kappa shape index (κ3) is 8.31. The van der Waals surface area contributed by atoms with E-state index in [2.05, 4.69) is 55.2 Å². The van der Waals surface area contributed by atoms with Crippen LogP contribution >= 0.6 is 15.9 Å². The third-order valence-corrected chi connectivity index (χ3v) is 11.7. The summed E-state index contributed by atoms with van der Waals surface area (Å²) in [7, 11) is 0. The average molecular weight is 773 g/mol. The molecule has 0 saturated carbocycles. The number of carbonyl (C=O) groups is 4. The summed E-state index contributed by atoms with van der Waals surface area (Å²) in [6.07, 6.45) is 4.98. The molecule has 3 fully saturated rings. The molecule has 0 radical (unpaired) electrons. The standard InChI is InChI=1S/C40H58BrN3O7/c1-10-13-19-30(46)50-23-28(26-17-15-14-16-18-26)42-35(47)31-32-36(48)44(29(22-45)25(4)12-3)34(40(32)21-27(41)33(31)51-40)37(49)43(20-11-2)39(8,9)24-38(5,6)7/h10-11,14-18,25,27-29,31-34,45H,1-2,12-13,19-24H2,3-9H3,(H,42,47)/t25-,27?,28-,29-,31-,32+,33-,34-,40+/m0/s1. The normalized spacial score (nSPS) is 27.4. The van der Waals surface area contributed by atoms with Crippen molar-refractivity contribution in [2.75, 3.05) is 19.8 Å². The van der Waals surface area contributed by atoms with Gasteiger partial charge in [0.2, 0.25) is 17.7 Å². The summed E-state index contributed by atoms with van der Waals surface area (Å²) in [4.78, 5) is 60.2. The third-order valence-electron chi connectivity index (χ3n) is 10.9. The number of fused-ring (bicyclic) bond motifs is 1. The summed E-state index contributed by atoms with van der Waals surface area (Å²) >= 11 is 3.78. The number of benzene rings is 1. The molecule has 51 heavy (non-hydrogen) atoms. The van der Waals surface area contributed by atoms with Gasteiger partial charge in [-0.2, -0.15) is 0 Å². The predicted molar refractivity (Wildman–Crippen MR) is 201 cm³/mol. The molecule has 0 aromatic heterocycles. The van der Waals surface area contributed by atoms with Gasteiger partial charge >= 0.3 is 5.97 Å². The molecule has 3 heterocycles. The number of carbonyl (C=O) groups excluding carboxylic acids is 4. The van der Waals surface area contributed by atoms with E-state index in [1.807, 2.05) is 58.0 Å². The lowest BCUT2D eigenvalue weighted by atomic mass is 9.70. The van der Waals surface area contributed by atoms with Gasteiger partial charge in [-0.15, -0.1) is 13.2 Å². The minimum atomic E-state index is -1.31. The highest BCUT2D eigenvalue weighted by Crippen LogP contribution is 2.61. The topological polar surface area (TPSA) is 125 Å². The molecular weight excluding hydrogens is 714 g/mol. The fourth-order valence-corrected chi connectivity index (χ4v) is 9.71. The molecule has 4 rings (SSSR count). The number of esters is 1. The van der Waals surface area contributed by atoms with Gasteiger partial charge in [0.15, 0.2) is 0 Å². The number of aliphatic hydroxyl groups is 1. The summed E-state index contributed by atoms with van der Waals surface area (Å²) < 4.78 is 12.4. The molecule has 3 aliphatic rings. The number of halogens is 1. The Labute approximate surface area is 312 Å². The summed E-state index contributed by atoms with van der Waals surface area (Å²) in [5, 5.41) is 13.9. The highest BCUT2D eigenvalue weighted by Gasteiger charge is 2.77. The number of amides is 3. The van der Waals surface area contributed by atoms with Crippen molar-refractivity contribution in [1.29, 1.82) is 0 Å². The molecule has 3 saturated heterocycles. The zero-order valence-corrected chi connectivity index (χ0v) is 33.0. The molecule has 9 atom stereocenters. The molecule has 1 aromatic rings. The number of allylic oxidation sites excluding steroid dienone is 1. The van der Waals surface area contributed by atoms with Gasteiger partial charge in [-0.25, -0.2) is 0 Å². The fraction of sp³-hybridized carbons (Fsp3) is 0.650. The van der Waals surface area contributed by atoms with Crippen molar-refractivity contribution in [2.24, 2.45) is 23.2 Å². The smallest absolute Gasteiger partial charge is 0.306 e. The molecule has 3 aliphatic heterocycles. The lowest BCUT2D eigenvalue weighted by molar-refractivity contribution is -0.156. The minimum Gasteiger partial charge on any atom is -0.463 e. The Balaban J connectivity index is 1.77. The van der Waals surface area contributed by atoms with Crippen molar-refractivity contribution in [3.63, 3.8) is 0 Å². The molecule has 11 heteroatoms. The number of nitrogens with zero attached hydrogens (tertiary/aromatic N) is 2. The summed E-state index contributed by atoms with van der Waals surface area (Å²) in [6, 6.07) is 6.80. The number of likely N-dealkylation sites (tertiary alicyclic amines) is 1. The van der Waals surface area contributed by atoms with Crippen LogP contribution in [0.25, 0.3) is 0 Å². The number of aliphatic hydroxyl groups excluding tert-OH is 1. The first-order chi connectivity index (χ1) is 24.0. The van der Waals surface area contributed by atoms with Crippen molar-refractivity contribution in [3.05, 3.63) is 61.2 Å². The zero-order valence-electron chi connectivity index (χ0n) is 31.4. The van der Waals surface area contributed by atoms with E-state index in [4.69, 9.17) is 9.47 Å². The van der Waals surface area contributed by atoms with Crippen molar-refractivity contribution in [3.8, 4) is 0 Å². The van der Waals surface area contributed by atoms with Crippen molar-refractivity contribution in [2.45, 2.75) is 121 Å². The average Bonchev–Trinajstić information content (AvgIpc) is 3.66. The zero-order chi connectivity index (χ0) is 37.9. The molecular formula is C40H58BrN3O7. The molecule has 2 bridgehead atoms. The van der Waals surface area contributed by atoms with E-state index in [0.29, 0.717) is 25.7 Å². The molecule has 1 spiro atoms. The summed E-state index contributed by atoms with van der Waals surface area (Å²) in [5.74, 6) is -3.52. The summed E-state index contributed by atoms with van der Waals surface area (Å²) in [5.41, 5.74) is -1.30. The van der Waals surface area contributed by atoms with Gasteiger partial charge < -0.3 is 29.7 Å². The Morgan fingerprint density at radius 1 is 1.18 bits per heavy atom. The highest BCUT2D eigenvalue weighted by atomic mass is 79.9. The second kappa shape index (κ2) is 16.3. The van der Waals surface area contributed by atoms with Crippen LogP contribution in [-0.4, -0.2) is 92.5 Å². The van der Waals surface area contributed by atoms with Gasteiger partial charge in [-0.3, -0.25) is 19.2 Å². The SMILES string of the molecule is C=CCCC(=O)OC[C@H](NC(=O)[C@@H]1[C@H]2O[C@@]3(CC2Br)[C@H](C(=O)N(CC=C)C(C)(C)CC(C)(C)C)N([C@@H](CO)[C@@H](C)CC)C(=O)[C@@H]13)c1ccccc1. The highest BCUT2D eigenvalue weighted by molar-refractivity contribution is 9.09. The molecule has 1 aromatic carbocycles. The van der Waals surface area contributed by atoms with Crippen LogP contribution in [0.5, 0.6) is 0 Å². The van der Waals surface area contributed by atoms with E-state index in [1.54, 1.807) is 22.0 Å².